The van der Waals surface area contributed by atoms with Gasteiger partial charge in [0.25, 0.3) is 5.92 Å². The van der Waals surface area contributed by atoms with Crippen LogP contribution in [0.15, 0.2) is 18.2 Å². The zero-order chi connectivity index (χ0) is 10.1. The molecule has 0 bridgehead atoms. The van der Waals surface area contributed by atoms with E-state index in [9.17, 15) is 8.78 Å². The van der Waals surface area contributed by atoms with Gasteiger partial charge in [-0.15, -0.1) is 0 Å². The van der Waals surface area contributed by atoms with Crippen LogP contribution in [0.3, 0.4) is 0 Å². The second kappa shape index (κ2) is 3.62. The second-order valence-electron chi connectivity index (χ2n) is 3.08. The zero-order valence-electron chi connectivity index (χ0n) is 7.57. The topological polar surface area (TPSA) is 0 Å². The minimum absolute atomic E-state index is 0.000000000000000444. The van der Waals surface area contributed by atoms with Crippen LogP contribution in [0.2, 0.25) is 5.02 Å². The highest BCUT2D eigenvalue weighted by Crippen LogP contribution is 2.33. The molecular weight excluding hydrogens is 194 g/mol. The Bertz CT molecular complexity index is 288. The molecule has 0 spiro atoms. The summed E-state index contributed by atoms with van der Waals surface area (Å²) in [7, 11) is 0. The van der Waals surface area contributed by atoms with Crippen LogP contribution in [0.5, 0.6) is 0 Å². The van der Waals surface area contributed by atoms with Crippen LogP contribution in [0.25, 0.3) is 0 Å². The van der Waals surface area contributed by atoms with Crippen molar-refractivity contribution in [1.29, 1.82) is 0 Å². The monoisotopic (exact) mass is 204 g/mol. The van der Waals surface area contributed by atoms with Crippen molar-refractivity contribution in [3.8, 4) is 0 Å². The van der Waals surface area contributed by atoms with Crippen molar-refractivity contribution in [3.63, 3.8) is 0 Å². The fourth-order valence-electron chi connectivity index (χ4n) is 1.15. The number of hydrogen-bond acceptors (Lipinski definition) is 0. The molecule has 0 unspecified atom stereocenters. The van der Waals surface area contributed by atoms with Gasteiger partial charge in [-0.2, -0.15) is 0 Å². The Labute approximate surface area is 81.5 Å². The molecule has 1 aromatic rings. The third-order valence-corrected chi connectivity index (χ3v) is 2.13. The van der Waals surface area contributed by atoms with E-state index in [0.29, 0.717) is 5.02 Å². The summed E-state index contributed by atoms with van der Waals surface area (Å²) in [5, 5.41) is 0.364. The van der Waals surface area contributed by atoms with Crippen LogP contribution < -0.4 is 0 Å². The third-order valence-electron chi connectivity index (χ3n) is 1.91. The van der Waals surface area contributed by atoms with Crippen molar-refractivity contribution in [2.24, 2.45) is 0 Å². The standard InChI is InChI=1S/C10H11ClF2/c1-3-10(12,13)8-4-7(2)5-9(11)6-8/h4-6H,3H2,1-2H3. The number of aryl methyl sites for hydroxylation is 1. The third kappa shape index (κ3) is 2.41. The first-order chi connectivity index (χ1) is 5.95. The summed E-state index contributed by atoms with van der Waals surface area (Å²) in [5.74, 6) is -2.77. The maximum atomic E-state index is 13.2. The number of hydrogen-bond donors (Lipinski definition) is 0. The molecule has 0 aromatic heterocycles. The second-order valence-corrected chi connectivity index (χ2v) is 3.51. The molecule has 13 heavy (non-hydrogen) atoms. The lowest BCUT2D eigenvalue weighted by molar-refractivity contribution is -0.00833. The van der Waals surface area contributed by atoms with E-state index in [1.165, 1.54) is 19.1 Å². The van der Waals surface area contributed by atoms with Gasteiger partial charge >= 0.3 is 0 Å². The van der Waals surface area contributed by atoms with Crippen LogP contribution in [0.1, 0.15) is 24.5 Å². The Morgan fingerprint density at radius 2 is 1.92 bits per heavy atom. The van der Waals surface area contributed by atoms with Crippen LogP contribution >= 0.6 is 11.6 Å². The van der Waals surface area contributed by atoms with Crippen molar-refractivity contribution in [2.45, 2.75) is 26.2 Å². The lowest BCUT2D eigenvalue weighted by atomic mass is 10.0. The molecule has 1 aromatic carbocycles. The van der Waals surface area contributed by atoms with E-state index in [4.69, 9.17) is 11.6 Å². The molecule has 0 N–H and O–H groups in total. The number of alkyl halides is 2. The van der Waals surface area contributed by atoms with Gasteiger partial charge in [0.1, 0.15) is 0 Å². The molecule has 0 aliphatic heterocycles. The van der Waals surface area contributed by atoms with Crippen LogP contribution in [-0.2, 0) is 5.92 Å². The van der Waals surface area contributed by atoms with Gasteiger partial charge in [0.2, 0.25) is 0 Å². The molecule has 0 saturated heterocycles. The highest BCUT2D eigenvalue weighted by Gasteiger charge is 2.29. The van der Waals surface area contributed by atoms with Gasteiger partial charge < -0.3 is 0 Å². The molecule has 0 heterocycles. The first-order valence-electron chi connectivity index (χ1n) is 4.11. The predicted molar refractivity (Wildman–Crippen MR) is 50.4 cm³/mol. The lowest BCUT2D eigenvalue weighted by Gasteiger charge is -2.15. The maximum Gasteiger partial charge on any atom is 0.273 e. The van der Waals surface area contributed by atoms with E-state index in [1.54, 1.807) is 13.0 Å². The maximum absolute atomic E-state index is 13.2. The summed E-state index contributed by atoms with van der Waals surface area (Å²) in [6.07, 6.45) is -0.202. The Morgan fingerprint density at radius 1 is 1.31 bits per heavy atom. The highest BCUT2D eigenvalue weighted by molar-refractivity contribution is 6.30. The van der Waals surface area contributed by atoms with Crippen LogP contribution in [-0.4, -0.2) is 0 Å². The molecule has 0 fully saturated rings. The van der Waals surface area contributed by atoms with Crippen LogP contribution in [0, 0.1) is 6.92 Å². The summed E-state index contributed by atoms with van der Waals surface area (Å²) >= 11 is 5.68. The molecule has 0 nitrogen and oxygen atoms in total. The first kappa shape index (κ1) is 10.5. The molecule has 1 rings (SSSR count). The van der Waals surface area contributed by atoms with E-state index in [0.717, 1.165) is 5.56 Å². The van der Waals surface area contributed by atoms with Crippen molar-refractivity contribution < 1.29 is 8.78 Å². The fourth-order valence-corrected chi connectivity index (χ4v) is 1.44. The molecule has 0 aliphatic carbocycles. The van der Waals surface area contributed by atoms with E-state index < -0.39 is 5.92 Å². The van der Waals surface area contributed by atoms with Gasteiger partial charge in [0, 0.05) is 17.0 Å². The minimum atomic E-state index is -2.77. The Hall–Kier alpha value is -0.630. The molecule has 0 atom stereocenters. The summed E-state index contributed by atoms with van der Waals surface area (Å²) in [6, 6.07) is 4.45. The molecule has 72 valence electrons. The molecule has 0 amide bonds. The van der Waals surface area contributed by atoms with E-state index >= 15 is 0 Å². The summed E-state index contributed by atoms with van der Waals surface area (Å²) in [5.41, 5.74) is 0.760. The average molecular weight is 205 g/mol. The van der Waals surface area contributed by atoms with Gasteiger partial charge in [-0.05, 0) is 24.6 Å². The lowest BCUT2D eigenvalue weighted by Crippen LogP contribution is -2.11. The van der Waals surface area contributed by atoms with E-state index in [2.05, 4.69) is 0 Å². The minimum Gasteiger partial charge on any atom is -0.201 e. The highest BCUT2D eigenvalue weighted by atomic mass is 35.5. The number of rotatable bonds is 2. The summed E-state index contributed by atoms with van der Waals surface area (Å²) in [4.78, 5) is 0. The van der Waals surface area contributed by atoms with Gasteiger partial charge in [0.05, 0.1) is 0 Å². The van der Waals surface area contributed by atoms with Crippen molar-refractivity contribution in [3.05, 3.63) is 34.3 Å². The van der Waals surface area contributed by atoms with Crippen molar-refractivity contribution >= 4 is 11.6 Å². The van der Waals surface area contributed by atoms with E-state index in [-0.39, 0.29) is 12.0 Å². The van der Waals surface area contributed by atoms with E-state index in [1.807, 2.05) is 0 Å². The predicted octanol–water partition coefficient (Wildman–Crippen LogP) is 4.15. The molecule has 0 aliphatic rings. The van der Waals surface area contributed by atoms with Gasteiger partial charge in [-0.25, -0.2) is 8.78 Å². The SMILES string of the molecule is CCC(F)(F)c1cc(C)cc(Cl)c1. The Balaban J connectivity index is 3.15. The van der Waals surface area contributed by atoms with Gasteiger partial charge in [-0.3, -0.25) is 0 Å². The Morgan fingerprint density at radius 3 is 2.38 bits per heavy atom. The summed E-state index contributed by atoms with van der Waals surface area (Å²) in [6.45, 7) is 3.21. The smallest absolute Gasteiger partial charge is 0.201 e. The van der Waals surface area contributed by atoms with Crippen molar-refractivity contribution in [1.82, 2.24) is 0 Å². The van der Waals surface area contributed by atoms with Gasteiger partial charge in [-0.1, -0.05) is 24.6 Å². The largest absolute Gasteiger partial charge is 0.273 e. The first-order valence-corrected chi connectivity index (χ1v) is 4.49. The summed E-state index contributed by atoms with van der Waals surface area (Å²) < 4.78 is 26.4. The zero-order valence-corrected chi connectivity index (χ0v) is 8.33. The quantitative estimate of drug-likeness (QED) is 0.679. The Kier molecular flexibility index (Phi) is 2.91. The van der Waals surface area contributed by atoms with Crippen molar-refractivity contribution in [2.75, 3.05) is 0 Å². The van der Waals surface area contributed by atoms with Crippen LogP contribution in [0.4, 0.5) is 8.78 Å². The molecule has 3 heteroatoms. The number of halogens is 3. The molecule has 0 saturated carbocycles. The average Bonchev–Trinajstić information content (AvgIpc) is 2.02. The molecular formula is C10H11ClF2. The molecule has 0 radical (unpaired) electrons. The normalized spacial score (nSPS) is 11.8. The fraction of sp³-hybridized carbons (Fsp3) is 0.400. The number of benzene rings is 1. The van der Waals surface area contributed by atoms with Gasteiger partial charge in [0.15, 0.2) is 0 Å².